The van der Waals surface area contributed by atoms with Crippen LogP contribution >= 0.6 is 0 Å². The fourth-order valence-electron chi connectivity index (χ4n) is 3.96. The van der Waals surface area contributed by atoms with Crippen LogP contribution in [0.15, 0.2) is 59.3 Å². The maximum absolute atomic E-state index is 12.2. The Morgan fingerprint density at radius 2 is 2.08 bits per heavy atom. The lowest BCUT2D eigenvalue weighted by Gasteiger charge is -2.40. The van der Waals surface area contributed by atoms with Crippen molar-refractivity contribution in [1.82, 2.24) is 4.98 Å². The summed E-state index contributed by atoms with van der Waals surface area (Å²) in [7, 11) is 0. The van der Waals surface area contributed by atoms with Crippen molar-refractivity contribution in [3.05, 3.63) is 60.5 Å². The summed E-state index contributed by atoms with van der Waals surface area (Å²) in [5, 5.41) is 11.0. The van der Waals surface area contributed by atoms with Crippen molar-refractivity contribution in [2.24, 2.45) is 5.41 Å². The number of aliphatic carboxylic acids is 1. The Hall–Kier alpha value is -2.82. The van der Waals surface area contributed by atoms with E-state index in [1.807, 2.05) is 30.3 Å². The van der Waals surface area contributed by atoms with Gasteiger partial charge < -0.3 is 14.4 Å². The largest absolute Gasteiger partial charge is 0.481 e. The Morgan fingerprint density at radius 3 is 2.88 bits per heavy atom. The normalized spacial score (nSPS) is 20.4. The highest BCUT2D eigenvalue weighted by atomic mass is 16.4. The molecule has 134 valence electrons. The van der Waals surface area contributed by atoms with Crippen LogP contribution < -0.4 is 4.90 Å². The van der Waals surface area contributed by atoms with E-state index in [4.69, 9.17) is 4.42 Å². The van der Waals surface area contributed by atoms with E-state index in [0.717, 1.165) is 36.2 Å². The molecule has 26 heavy (non-hydrogen) atoms. The van der Waals surface area contributed by atoms with Crippen LogP contribution in [-0.4, -0.2) is 29.1 Å². The molecule has 5 heteroatoms. The zero-order valence-corrected chi connectivity index (χ0v) is 14.6. The molecule has 1 aromatic carbocycles. The number of rotatable bonds is 5. The first kappa shape index (κ1) is 16.6. The van der Waals surface area contributed by atoms with Gasteiger partial charge in [0.25, 0.3) is 0 Å². The highest BCUT2D eigenvalue weighted by Gasteiger charge is 2.42. The molecule has 0 saturated carbocycles. The SMILES string of the molecule is O=C(O)C1(CCc2ccccc2)CCCN(c2nccc3occc23)C1. The van der Waals surface area contributed by atoms with Crippen LogP contribution in [0.1, 0.15) is 24.8 Å². The van der Waals surface area contributed by atoms with Gasteiger partial charge in [0, 0.05) is 19.3 Å². The number of aryl methyl sites for hydroxylation is 1. The van der Waals surface area contributed by atoms with Gasteiger partial charge in [-0.3, -0.25) is 4.79 Å². The number of hydrogen-bond donors (Lipinski definition) is 1. The van der Waals surface area contributed by atoms with E-state index in [1.54, 1.807) is 12.5 Å². The number of fused-ring (bicyclic) bond motifs is 1. The second kappa shape index (κ2) is 6.83. The topological polar surface area (TPSA) is 66.6 Å². The number of piperidine rings is 1. The number of pyridine rings is 1. The number of carboxylic acid groups (broad SMARTS) is 1. The molecule has 1 unspecified atom stereocenters. The average molecular weight is 350 g/mol. The molecule has 1 aliphatic heterocycles. The first-order chi connectivity index (χ1) is 12.7. The van der Waals surface area contributed by atoms with E-state index < -0.39 is 11.4 Å². The summed E-state index contributed by atoms with van der Waals surface area (Å²) in [5.41, 5.74) is 1.22. The third-order valence-corrected chi connectivity index (χ3v) is 5.42. The van der Waals surface area contributed by atoms with Gasteiger partial charge >= 0.3 is 5.97 Å². The van der Waals surface area contributed by atoms with E-state index in [-0.39, 0.29) is 0 Å². The van der Waals surface area contributed by atoms with Crippen LogP contribution in [0.5, 0.6) is 0 Å². The van der Waals surface area contributed by atoms with E-state index >= 15 is 0 Å². The monoisotopic (exact) mass is 350 g/mol. The van der Waals surface area contributed by atoms with Crippen LogP contribution in [0.3, 0.4) is 0 Å². The number of furan rings is 1. The second-order valence-electron chi connectivity index (χ2n) is 7.06. The minimum absolute atomic E-state index is 0.479. The molecule has 1 N–H and O–H groups in total. The number of aromatic nitrogens is 1. The second-order valence-corrected chi connectivity index (χ2v) is 7.06. The molecule has 3 aromatic rings. The molecule has 3 heterocycles. The Morgan fingerprint density at radius 1 is 1.23 bits per heavy atom. The van der Waals surface area contributed by atoms with Crippen molar-refractivity contribution in [2.45, 2.75) is 25.7 Å². The minimum Gasteiger partial charge on any atom is -0.481 e. The van der Waals surface area contributed by atoms with Crippen LogP contribution in [-0.2, 0) is 11.2 Å². The number of carbonyl (C=O) groups is 1. The lowest BCUT2D eigenvalue weighted by atomic mass is 9.75. The van der Waals surface area contributed by atoms with Crippen molar-refractivity contribution < 1.29 is 14.3 Å². The van der Waals surface area contributed by atoms with Crippen LogP contribution in [0.4, 0.5) is 5.82 Å². The molecule has 1 fully saturated rings. The third-order valence-electron chi connectivity index (χ3n) is 5.42. The molecule has 5 nitrogen and oxygen atoms in total. The lowest BCUT2D eigenvalue weighted by molar-refractivity contribution is -0.150. The van der Waals surface area contributed by atoms with Gasteiger partial charge in [-0.05, 0) is 43.4 Å². The minimum atomic E-state index is -0.748. The number of hydrogen-bond acceptors (Lipinski definition) is 4. The average Bonchev–Trinajstić information content (AvgIpc) is 3.16. The van der Waals surface area contributed by atoms with Gasteiger partial charge in [-0.25, -0.2) is 4.98 Å². The standard InChI is InChI=1S/C21H22N2O3/c24-20(25)21(11-7-16-5-2-1-3-6-16)10-4-13-23(15-21)19-17-9-14-26-18(17)8-12-22-19/h1-3,5-6,8-9,12,14H,4,7,10-11,13,15H2,(H,24,25). The fourth-order valence-corrected chi connectivity index (χ4v) is 3.96. The molecule has 0 amide bonds. The van der Waals surface area contributed by atoms with Gasteiger partial charge in [0.2, 0.25) is 0 Å². The highest BCUT2D eigenvalue weighted by Crippen LogP contribution is 2.38. The van der Waals surface area contributed by atoms with Crippen LogP contribution in [0, 0.1) is 5.41 Å². The summed E-state index contributed by atoms with van der Waals surface area (Å²) >= 11 is 0. The highest BCUT2D eigenvalue weighted by molar-refractivity contribution is 5.89. The predicted octanol–water partition coefficient (Wildman–Crippen LogP) is 4.13. The predicted molar refractivity (Wildman–Crippen MR) is 100 cm³/mol. The van der Waals surface area contributed by atoms with Gasteiger partial charge in [-0.2, -0.15) is 0 Å². The summed E-state index contributed by atoms with van der Waals surface area (Å²) in [6.45, 7) is 1.30. The van der Waals surface area contributed by atoms with Crippen molar-refractivity contribution in [1.29, 1.82) is 0 Å². The number of benzene rings is 1. The van der Waals surface area contributed by atoms with Gasteiger partial charge in [-0.15, -0.1) is 0 Å². The molecule has 0 radical (unpaired) electrons. The molecule has 4 rings (SSSR count). The summed E-state index contributed by atoms with van der Waals surface area (Å²) in [6, 6.07) is 13.8. The molecule has 1 aliphatic rings. The molecular formula is C21H22N2O3. The van der Waals surface area contributed by atoms with Gasteiger partial charge in [-0.1, -0.05) is 30.3 Å². The summed E-state index contributed by atoms with van der Waals surface area (Å²) in [6.07, 6.45) is 6.32. The molecule has 1 saturated heterocycles. The maximum atomic E-state index is 12.2. The quantitative estimate of drug-likeness (QED) is 0.749. The molecule has 2 aromatic heterocycles. The zero-order chi connectivity index (χ0) is 18.0. The molecule has 1 atom stereocenters. The first-order valence-electron chi connectivity index (χ1n) is 9.02. The van der Waals surface area contributed by atoms with Crippen molar-refractivity contribution in [2.75, 3.05) is 18.0 Å². The van der Waals surface area contributed by atoms with Crippen LogP contribution in [0.25, 0.3) is 11.0 Å². The van der Waals surface area contributed by atoms with Crippen molar-refractivity contribution in [3.63, 3.8) is 0 Å². The maximum Gasteiger partial charge on any atom is 0.311 e. The van der Waals surface area contributed by atoms with Crippen molar-refractivity contribution in [3.8, 4) is 0 Å². The van der Waals surface area contributed by atoms with E-state index in [2.05, 4.69) is 22.0 Å². The summed E-state index contributed by atoms with van der Waals surface area (Å²) < 4.78 is 5.47. The van der Waals surface area contributed by atoms with E-state index in [1.165, 1.54) is 5.56 Å². The fraction of sp³-hybridized carbons (Fsp3) is 0.333. The third kappa shape index (κ3) is 3.05. The molecular weight excluding hydrogens is 328 g/mol. The first-order valence-corrected chi connectivity index (χ1v) is 9.02. The van der Waals surface area contributed by atoms with Crippen molar-refractivity contribution >= 4 is 22.8 Å². The van der Waals surface area contributed by atoms with E-state index in [9.17, 15) is 9.90 Å². The Labute approximate surface area is 152 Å². The number of nitrogens with zero attached hydrogens (tertiary/aromatic N) is 2. The summed E-state index contributed by atoms with van der Waals surface area (Å²) in [4.78, 5) is 18.9. The number of anilines is 1. The van der Waals surface area contributed by atoms with Crippen LogP contribution in [0.2, 0.25) is 0 Å². The van der Waals surface area contributed by atoms with Gasteiger partial charge in [0.05, 0.1) is 17.1 Å². The summed E-state index contributed by atoms with van der Waals surface area (Å²) in [5.74, 6) is 0.110. The van der Waals surface area contributed by atoms with Gasteiger partial charge in [0.15, 0.2) is 0 Å². The Bertz CT molecular complexity index is 906. The zero-order valence-electron chi connectivity index (χ0n) is 14.6. The smallest absolute Gasteiger partial charge is 0.311 e. The van der Waals surface area contributed by atoms with Gasteiger partial charge in [0.1, 0.15) is 11.4 Å². The molecule has 0 spiro atoms. The number of carboxylic acids is 1. The molecule has 0 bridgehead atoms. The lowest BCUT2D eigenvalue weighted by Crippen LogP contribution is -2.48. The van der Waals surface area contributed by atoms with E-state index in [0.29, 0.717) is 19.4 Å². The molecule has 0 aliphatic carbocycles. The Balaban J connectivity index is 1.60. The Kier molecular flexibility index (Phi) is 4.37.